The second-order valence-electron chi connectivity index (χ2n) is 6.90. The molecular formula is C16H22N2O2. The lowest BCUT2D eigenvalue weighted by molar-refractivity contribution is -0.0925. The van der Waals surface area contributed by atoms with Crippen molar-refractivity contribution < 1.29 is 9.84 Å². The minimum absolute atomic E-state index is 0.355. The third-order valence-corrected chi connectivity index (χ3v) is 5.83. The van der Waals surface area contributed by atoms with Crippen molar-refractivity contribution in [2.24, 2.45) is 29.6 Å². The molecular weight excluding hydrogens is 252 g/mol. The molecule has 0 amide bonds. The molecule has 4 saturated carbocycles. The van der Waals surface area contributed by atoms with E-state index in [1.54, 1.807) is 19.5 Å². The van der Waals surface area contributed by atoms with Crippen LogP contribution in [0.15, 0.2) is 12.4 Å². The fourth-order valence-corrected chi connectivity index (χ4v) is 5.36. The smallest absolute Gasteiger partial charge is 0.238 e. The van der Waals surface area contributed by atoms with Crippen molar-refractivity contribution in [1.29, 1.82) is 0 Å². The summed E-state index contributed by atoms with van der Waals surface area (Å²) in [6, 6.07) is 0. The molecule has 4 heteroatoms. The van der Waals surface area contributed by atoms with Gasteiger partial charge in [-0.3, -0.25) is 4.98 Å². The molecule has 4 nitrogen and oxygen atoms in total. The molecule has 1 N–H and O–H groups in total. The first kappa shape index (κ1) is 12.6. The number of hydrogen-bond acceptors (Lipinski definition) is 4. The molecule has 1 aromatic rings. The van der Waals surface area contributed by atoms with Gasteiger partial charge in [0.25, 0.3) is 0 Å². The molecule has 20 heavy (non-hydrogen) atoms. The average Bonchev–Trinajstić information content (AvgIpc) is 2.46. The van der Waals surface area contributed by atoms with Crippen molar-refractivity contribution in [1.82, 2.24) is 9.97 Å². The number of hydrogen-bond donors (Lipinski definition) is 1. The highest BCUT2D eigenvalue weighted by molar-refractivity contribution is 5.21. The van der Waals surface area contributed by atoms with Crippen LogP contribution < -0.4 is 4.74 Å². The van der Waals surface area contributed by atoms with E-state index < -0.39 is 6.10 Å². The molecule has 1 aromatic heterocycles. The number of ether oxygens (including phenoxy) is 1. The van der Waals surface area contributed by atoms with Gasteiger partial charge in [-0.1, -0.05) is 0 Å². The van der Waals surface area contributed by atoms with E-state index in [0.717, 1.165) is 11.8 Å². The topological polar surface area (TPSA) is 55.2 Å². The maximum atomic E-state index is 10.9. The number of rotatable bonds is 3. The highest BCUT2D eigenvalue weighted by atomic mass is 16.5. The Labute approximate surface area is 119 Å². The van der Waals surface area contributed by atoms with Crippen LogP contribution in [0.2, 0.25) is 0 Å². The summed E-state index contributed by atoms with van der Waals surface area (Å²) in [5.74, 6) is 4.03. The van der Waals surface area contributed by atoms with E-state index in [0.29, 0.717) is 29.3 Å². The molecule has 0 aliphatic heterocycles. The van der Waals surface area contributed by atoms with Gasteiger partial charge in [0.15, 0.2) is 0 Å². The fraction of sp³-hybridized carbons (Fsp3) is 0.750. The highest BCUT2D eigenvalue weighted by Crippen LogP contribution is 2.59. The summed E-state index contributed by atoms with van der Waals surface area (Å²) in [4.78, 5) is 8.53. The first-order valence-electron chi connectivity index (χ1n) is 7.79. The predicted octanol–water partition coefficient (Wildman–Crippen LogP) is 2.59. The van der Waals surface area contributed by atoms with Crippen molar-refractivity contribution in [3.63, 3.8) is 0 Å². The molecule has 1 atom stereocenters. The Kier molecular flexibility index (Phi) is 2.95. The van der Waals surface area contributed by atoms with Crippen LogP contribution >= 0.6 is 0 Å². The quantitative estimate of drug-likeness (QED) is 0.920. The van der Waals surface area contributed by atoms with Crippen LogP contribution in [0, 0.1) is 29.6 Å². The molecule has 1 heterocycles. The van der Waals surface area contributed by atoms with Crippen LogP contribution in [0.3, 0.4) is 0 Å². The SMILES string of the molecule is COc1nccnc1C(O)C1C2CC3CC(C2)CC1C3. The summed E-state index contributed by atoms with van der Waals surface area (Å²) < 4.78 is 5.28. The van der Waals surface area contributed by atoms with Crippen LogP contribution in [0.25, 0.3) is 0 Å². The molecule has 108 valence electrons. The Morgan fingerprint density at radius 2 is 1.65 bits per heavy atom. The normalized spacial score (nSPS) is 39.8. The maximum absolute atomic E-state index is 10.9. The first-order chi connectivity index (χ1) is 9.76. The number of nitrogens with zero attached hydrogens (tertiary/aromatic N) is 2. The van der Waals surface area contributed by atoms with Gasteiger partial charge in [-0.25, -0.2) is 4.98 Å². The third kappa shape index (κ3) is 1.85. The van der Waals surface area contributed by atoms with Gasteiger partial charge < -0.3 is 9.84 Å². The fourth-order valence-electron chi connectivity index (χ4n) is 5.36. The van der Waals surface area contributed by atoms with Crippen molar-refractivity contribution in [3.8, 4) is 5.88 Å². The molecule has 4 aliphatic rings. The largest absolute Gasteiger partial charge is 0.480 e. The summed E-state index contributed by atoms with van der Waals surface area (Å²) >= 11 is 0. The van der Waals surface area contributed by atoms with Crippen LogP contribution in [-0.2, 0) is 0 Å². The summed E-state index contributed by atoms with van der Waals surface area (Å²) in [5, 5.41) is 10.9. The average molecular weight is 274 g/mol. The van der Waals surface area contributed by atoms with Gasteiger partial charge in [-0.2, -0.15) is 0 Å². The van der Waals surface area contributed by atoms with E-state index in [4.69, 9.17) is 4.74 Å². The summed E-state index contributed by atoms with van der Waals surface area (Å²) in [7, 11) is 1.59. The lowest BCUT2D eigenvalue weighted by Crippen LogP contribution is -2.47. The van der Waals surface area contributed by atoms with Crippen molar-refractivity contribution >= 4 is 0 Å². The summed E-state index contributed by atoms with van der Waals surface area (Å²) in [5.41, 5.74) is 0.632. The minimum Gasteiger partial charge on any atom is -0.480 e. The number of aliphatic hydroxyl groups is 1. The zero-order valence-electron chi connectivity index (χ0n) is 11.9. The maximum Gasteiger partial charge on any atom is 0.238 e. The van der Waals surface area contributed by atoms with Gasteiger partial charge in [-0.05, 0) is 61.7 Å². The molecule has 0 saturated heterocycles. The summed E-state index contributed by atoms with van der Waals surface area (Å²) in [6.07, 6.45) is 9.39. The first-order valence-corrected chi connectivity index (χ1v) is 7.79. The molecule has 0 spiro atoms. The Balaban J connectivity index is 1.64. The molecule has 4 bridgehead atoms. The Bertz CT molecular complexity index is 477. The van der Waals surface area contributed by atoms with Gasteiger partial charge in [0.2, 0.25) is 5.88 Å². The zero-order chi connectivity index (χ0) is 13.7. The van der Waals surface area contributed by atoms with Crippen molar-refractivity contribution in [3.05, 3.63) is 18.1 Å². The molecule has 0 radical (unpaired) electrons. The van der Waals surface area contributed by atoms with Gasteiger partial charge >= 0.3 is 0 Å². The number of aliphatic hydroxyl groups excluding tert-OH is 1. The second kappa shape index (κ2) is 4.69. The van der Waals surface area contributed by atoms with Gasteiger partial charge in [0.05, 0.1) is 7.11 Å². The van der Waals surface area contributed by atoms with Crippen LogP contribution in [0.4, 0.5) is 0 Å². The molecule has 0 aromatic carbocycles. The van der Waals surface area contributed by atoms with Gasteiger partial charge in [-0.15, -0.1) is 0 Å². The number of methoxy groups -OCH3 is 1. The predicted molar refractivity (Wildman–Crippen MR) is 74.1 cm³/mol. The van der Waals surface area contributed by atoms with E-state index in [1.807, 2.05) is 0 Å². The minimum atomic E-state index is -0.520. The molecule has 4 fully saturated rings. The van der Waals surface area contributed by atoms with Gasteiger partial charge in [0, 0.05) is 12.4 Å². The second-order valence-corrected chi connectivity index (χ2v) is 6.90. The van der Waals surface area contributed by atoms with Crippen LogP contribution in [0.1, 0.15) is 43.9 Å². The van der Waals surface area contributed by atoms with Crippen molar-refractivity contribution in [2.75, 3.05) is 7.11 Å². The monoisotopic (exact) mass is 274 g/mol. The van der Waals surface area contributed by atoms with E-state index >= 15 is 0 Å². The Morgan fingerprint density at radius 1 is 1.05 bits per heavy atom. The molecule has 5 rings (SSSR count). The van der Waals surface area contributed by atoms with Crippen molar-refractivity contribution in [2.45, 2.75) is 38.2 Å². The third-order valence-electron chi connectivity index (χ3n) is 5.83. The molecule has 4 aliphatic carbocycles. The lowest BCUT2D eigenvalue weighted by Gasteiger charge is -2.55. The van der Waals surface area contributed by atoms with E-state index in [1.165, 1.54) is 32.1 Å². The van der Waals surface area contributed by atoms with E-state index in [9.17, 15) is 5.11 Å². The highest BCUT2D eigenvalue weighted by Gasteiger charge is 2.51. The standard InChI is InChI=1S/C16H22N2O2/c1-20-16-14(17-2-3-18-16)15(19)13-11-5-9-4-10(7-11)8-12(13)6-9/h2-3,9-13,15,19H,4-8H2,1H3. The Morgan fingerprint density at radius 3 is 2.25 bits per heavy atom. The van der Waals surface area contributed by atoms with Crippen LogP contribution in [0.5, 0.6) is 5.88 Å². The van der Waals surface area contributed by atoms with Gasteiger partial charge in [0.1, 0.15) is 11.8 Å². The lowest BCUT2D eigenvalue weighted by atomic mass is 9.50. The number of aromatic nitrogens is 2. The summed E-state index contributed by atoms with van der Waals surface area (Å²) in [6.45, 7) is 0. The van der Waals surface area contributed by atoms with Crippen LogP contribution in [-0.4, -0.2) is 22.2 Å². The molecule has 1 unspecified atom stereocenters. The van der Waals surface area contributed by atoms with E-state index in [2.05, 4.69) is 9.97 Å². The zero-order valence-corrected chi connectivity index (χ0v) is 11.9. The Hall–Kier alpha value is -1.16. The van der Waals surface area contributed by atoms with E-state index in [-0.39, 0.29) is 0 Å².